The molecule has 0 aliphatic rings. The van der Waals surface area contributed by atoms with Crippen LogP contribution in [-0.2, 0) is 4.74 Å². The summed E-state index contributed by atoms with van der Waals surface area (Å²) in [4.78, 5) is 24.6. The summed E-state index contributed by atoms with van der Waals surface area (Å²) in [6, 6.07) is 9.80. The van der Waals surface area contributed by atoms with Gasteiger partial charge in [0.25, 0.3) is 0 Å². The Morgan fingerprint density at radius 2 is 1.67 bits per heavy atom. The molecule has 126 valence electrons. The highest BCUT2D eigenvalue weighted by atomic mass is 19.1. The number of halogens is 1. The third kappa shape index (κ3) is 3.71. The summed E-state index contributed by atoms with van der Waals surface area (Å²) in [6.45, 7) is 1.45. The number of ether oxygens (including phenoxy) is 3. The third-order valence-corrected chi connectivity index (χ3v) is 3.40. The predicted octanol–water partition coefficient (Wildman–Crippen LogP) is 3.27. The van der Waals surface area contributed by atoms with Crippen molar-refractivity contribution in [2.24, 2.45) is 0 Å². The molecule has 0 spiro atoms. The van der Waals surface area contributed by atoms with E-state index in [1.807, 2.05) is 0 Å². The number of ketones is 1. The van der Waals surface area contributed by atoms with E-state index in [1.165, 1.54) is 51.5 Å². The highest BCUT2D eigenvalue weighted by Crippen LogP contribution is 2.31. The minimum absolute atomic E-state index is 0.149. The number of carbonyl (C=O) groups excluding carboxylic acids is 2. The van der Waals surface area contributed by atoms with E-state index in [1.54, 1.807) is 12.1 Å². The van der Waals surface area contributed by atoms with Gasteiger partial charge in [0.1, 0.15) is 11.4 Å². The lowest BCUT2D eigenvalue weighted by Gasteiger charge is -2.15. The number of hydrogen-bond acceptors (Lipinski definition) is 5. The van der Waals surface area contributed by atoms with Crippen molar-refractivity contribution in [2.75, 3.05) is 14.2 Å². The Hall–Kier alpha value is -2.89. The van der Waals surface area contributed by atoms with Crippen LogP contribution in [0, 0.1) is 5.82 Å². The second-order valence-corrected chi connectivity index (χ2v) is 4.96. The summed E-state index contributed by atoms with van der Waals surface area (Å²) < 4.78 is 28.4. The Morgan fingerprint density at radius 3 is 2.25 bits per heavy atom. The zero-order valence-corrected chi connectivity index (χ0v) is 13.5. The lowest BCUT2D eigenvalue weighted by Crippen LogP contribution is -2.24. The molecule has 1 unspecified atom stereocenters. The molecule has 0 fully saturated rings. The summed E-state index contributed by atoms with van der Waals surface area (Å²) in [5, 5.41) is 0. The first kappa shape index (κ1) is 17.5. The maximum Gasteiger partial charge on any atom is 0.342 e. The number of rotatable bonds is 6. The summed E-state index contributed by atoms with van der Waals surface area (Å²) in [5.74, 6) is -0.980. The lowest BCUT2D eigenvalue weighted by atomic mass is 10.1. The number of esters is 1. The van der Waals surface area contributed by atoms with E-state index in [0.29, 0.717) is 5.75 Å². The molecule has 0 aromatic heterocycles. The Bertz CT molecular complexity index is 740. The maximum absolute atomic E-state index is 12.9. The standard InChI is InChI=1S/C18H17FO5/c1-11(16(20)12-7-9-13(19)10-8-12)24-18(21)14-5-4-6-15(22-2)17(14)23-3/h4-11H,1-3H3. The monoisotopic (exact) mass is 332 g/mol. The normalized spacial score (nSPS) is 11.5. The molecule has 2 rings (SSSR count). The zero-order valence-electron chi connectivity index (χ0n) is 13.5. The molecule has 0 radical (unpaired) electrons. The predicted molar refractivity (Wildman–Crippen MR) is 85.2 cm³/mol. The van der Waals surface area contributed by atoms with E-state index >= 15 is 0 Å². The third-order valence-electron chi connectivity index (χ3n) is 3.40. The fourth-order valence-electron chi connectivity index (χ4n) is 2.17. The number of Topliss-reactive ketones (excluding diaryl/α,β-unsaturated/α-hetero) is 1. The average Bonchev–Trinajstić information content (AvgIpc) is 2.60. The molecular weight excluding hydrogens is 315 g/mol. The van der Waals surface area contributed by atoms with Crippen molar-refractivity contribution < 1.29 is 28.2 Å². The second-order valence-electron chi connectivity index (χ2n) is 4.96. The lowest BCUT2D eigenvalue weighted by molar-refractivity contribution is 0.0315. The van der Waals surface area contributed by atoms with E-state index in [9.17, 15) is 14.0 Å². The smallest absolute Gasteiger partial charge is 0.342 e. The zero-order chi connectivity index (χ0) is 17.7. The molecule has 0 aliphatic heterocycles. The Balaban J connectivity index is 2.17. The first-order valence-corrected chi connectivity index (χ1v) is 7.19. The van der Waals surface area contributed by atoms with Gasteiger partial charge in [0.2, 0.25) is 5.78 Å². The SMILES string of the molecule is COc1cccc(C(=O)OC(C)C(=O)c2ccc(F)cc2)c1OC. The molecule has 0 heterocycles. The van der Waals surface area contributed by atoms with Crippen molar-refractivity contribution in [2.45, 2.75) is 13.0 Å². The number of hydrogen-bond donors (Lipinski definition) is 0. The van der Waals surface area contributed by atoms with Crippen molar-refractivity contribution in [1.82, 2.24) is 0 Å². The van der Waals surface area contributed by atoms with Gasteiger partial charge in [-0.2, -0.15) is 0 Å². The van der Waals surface area contributed by atoms with Gasteiger partial charge in [0, 0.05) is 5.56 Å². The first-order chi connectivity index (χ1) is 11.5. The highest BCUT2D eigenvalue weighted by Gasteiger charge is 2.23. The van der Waals surface area contributed by atoms with Crippen molar-refractivity contribution >= 4 is 11.8 Å². The molecule has 0 saturated heterocycles. The van der Waals surface area contributed by atoms with Crippen molar-refractivity contribution in [3.05, 3.63) is 59.4 Å². The van der Waals surface area contributed by atoms with Crippen LogP contribution in [0.3, 0.4) is 0 Å². The number of benzene rings is 2. The van der Waals surface area contributed by atoms with Gasteiger partial charge < -0.3 is 14.2 Å². The van der Waals surface area contributed by atoms with E-state index in [-0.39, 0.29) is 16.9 Å². The minimum Gasteiger partial charge on any atom is -0.493 e. The fourth-order valence-corrected chi connectivity index (χ4v) is 2.17. The quantitative estimate of drug-likeness (QED) is 0.600. The van der Waals surface area contributed by atoms with Crippen LogP contribution in [0.5, 0.6) is 11.5 Å². The van der Waals surface area contributed by atoms with Crippen LogP contribution in [0.1, 0.15) is 27.6 Å². The maximum atomic E-state index is 12.9. The highest BCUT2D eigenvalue weighted by molar-refractivity contribution is 6.02. The van der Waals surface area contributed by atoms with Crippen LogP contribution in [0.25, 0.3) is 0 Å². The second kappa shape index (κ2) is 7.59. The molecule has 0 saturated carbocycles. The molecule has 6 heteroatoms. The summed E-state index contributed by atoms with van der Waals surface area (Å²) >= 11 is 0. The molecule has 0 bridgehead atoms. The largest absolute Gasteiger partial charge is 0.493 e. The van der Waals surface area contributed by atoms with Crippen molar-refractivity contribution in [1.29, 1.82) is 0 Å². The molecule has 5 nitrogen and oxygen atoms in total. The molecule has 0 amide bonds. The van der Waals surface area contributed by atoms with Crippen LogP contribution in [-0.4, -0.2) is 32.1 Å². The van der Waals surface area contributed by atoms with E-state index in [2.05, 4.69) is 0 Å². The summed E-state index contributed by atoms with van der Waals surface area (Å²) in [7, 11) is 2.86. The van der Waals surface area contributed by atoms with Gasteiger partial charge in [-0.15, -0.1) is 0 Å². The van der Waals surface area contributed by atoms with Crippen LogP contribution < -0.4 is 9.47 Å². The molecular formula is C18H17FO5. The first-order valence-electron chi connectivity index (χ1n) is 7.19. The van der Waals surface area contributed by atoms with Crippen LogP contribution in [0.2, 0.25) is 0 Å². The Kier molecular flexibility index (Phi) is 5.52. The van der Waals surface area contributed by atoms with Crippen LogP contribution >= 0.6 is 0 Å². The molecule has 2 aromatic carbocycles. The van der Waals surface area contributed by atoms with E-state index in [0.717, 1.165) is 0 Å². The van der Waals surface area contributed by atoms with Crippen molar-refractivity contribution in [3.8, 4) is 11.5 Å². The van der Waals surface area contributed by atoms with Gasteiger partial charge in [-0.25, -0.2) is 9.18 Å². The molecule has 0 aliphatic carbocycles. The molecule has 24 heavy (non-hydrogen) atoms. The van der Waals surface area contributed by atoms with Crippen LogP contribution in [0.4, 0.5) is 4.39 Å². The number of methoxy groups -OCH3 is 2. The molecule has 0 N–H and O–H groups in total. The minimum atomic E-state index is -1.03. The topological polar surface area (TPSA) is 61.8 Å². The van der Waals surface area contributed by atoms with E-state index < -0.39 is 23.7 Å². The Labute approximate surface area is 139 Å². The van der Waals surface area contributed by atoms with Gasteiger partial charge in [0.15, 0.2) is 17.6 Å². The van der Waals surface area contributed by atoms with Gasteiger partial charge in [-0.05, 0) is 43.3 Å². The summed E-state index contributed by atoms with van der Waals surface area (Å²) in [5.41, 5.74) is 0.407. The van der Waals surface area contributed by atoms with Crippen molar-refractivity contribution in [3.63, 3.8) is 0 Å². The van der Waals surface area contributed by atoms with Gasteiger partial charge >= 0.3 is 5.97 Å². The number of carbonyl (C=O) groups is 2. The van der Waals surface area contributed by atoms with Gasteiger partial charge in [-0.1, -0.05) is 6.07 Å². The van der Waals surface area contributed by atoms with E-state index in [4.69, 9.17) is 14.2 Å². The summed E-state index contributed by atoms with van der Waals surface area (Å²) in [6.07, 6.45) is -1.03. The van der Waals surface area contributed by atoms with Crippen LogP contribution in [0.15, 0.2) is 42.5 Å². The average molecular weight is 332 g/mol. The number of para-hydroxylation sites is 1. The Morgan fingerprint density at radius 1 is 1.00 bits per heavy atom. The molecule has 2 aromatic rings. The van der Waals surface area contributed by atoms with Gasteiger partial charge in [0.05, 0.1) is 14.2 Å². The fraction of sp³-hybridized carbons (Fsp3) is 0.222. The van der Waals surface area contributed by atoms with Gasteiger partial charge in [-0.3, -0.25) is 4.79 Å². The molecule has 1 atom stereocenters.